The molecule has 0 aromatic carbocycles. The lowest BCUT2D eigenvalue weighted by molar-refractivity contribution is 0.354. The van der Waals surface area contributed by atoms with Gasteiger partial charge in [-0.25, -0.2) is 15.0 Å². The molecule has 0 radical (unpaired) electrons. The molecule has 1 aliphatic rings. The van der Waals surface area contributed by atoms with Gasteiger partial charge in [0.25, 0.3) is 0 Å². The second-order valence-corrected chi connectivity index (χ2v) is 4.54. The molecule has 17 heavy (non-hydrogen) atoms. The Morgan fingerprint density at radius 1 is 1.35 bits per heavy atom. The van der Waals surface area contributed by atoms with Crippen molar-refractivity contribution in [3.8, 4) is 0 Å². The molecule has 3 rings (SSSR count). The fraction of sp³-hybridized carbons (Fsp3) is 0.545. The average molecular weight is 253 g/mol. The van der Waals surface area contributed by atoms with E-state index in [4.69, 9.17) is 16.3 Å². The number of ether oxygens (including phenoxy) is 1. The van der Waals surface area contributed by atoms with Gasteiger partial charge in [-0.15, -0.1) is 0 Å². The number of aromatic nitrogens is 4. The Morgan fingerprint density at radius 2 is 2.24 bits per heavy atom. The summed E-state index contributed by atoms with van der Waals surface area (Å²) in [5.41, 5.74) is 1.46. The number of fused-ring (bicyclic) bond motifs is 1. The highest BCUT2D eigenvalue weighted by molar-refractivity contribution is 6.33. The number of hydrogen-bond donors (Lipinski definition) is 0. The van der Waals surface area contributed by atoms with Crippen LogP contribution in [-0.4, -0.2) is 31.7 Å². The van der Waals surface area contributed by atoms with Crippen molar-refractivity contribution in [2.45, 2.75) is 38.5 Å². The zero-order valence-corrected chi connectivity index (χ0v) is 10.3. The number of imidazole rings is 1. The largest absolute Gasteiger partial charge is 0.370 e. The molecule has 0 N–H and O–H groups in total. The SMILES string of the molecule is CCC1OC1CCn1cnc2c(Cl)ncnc21. The normalized spacial score (nSPS) is 23.2. The van der Waals surface area contributed by atoms with Crippen LogP contribution in [0.3, 0.4) is 0 Å². The summed E-state index contributed by atoms with van der Waals surface area (Å²) in [5, 5.41) is 0.405. The van der Waals surface area contributed by atoms with Gasteiger partial charge in [-0.1, -0.05) is 18.5 Å². The van der Waals surface area contributed by atoms with Gasteiger partial charge in [0.1, 0.15) is 11.8 Å². The minimum atomic E-state index is 0.398. The molecular weight excluding hydrogens is 240 g/mol. The van der Waals surface area contributed by atoms with Crippen LogP contribution in [0.4, 0.5) is 0 Å². The molecular formula is C11H13ClN4O. The molecule has 3 heterocycles. The van der Waals surface area contributed by atoms with Crippen molar-refractivity contribution in [2.75, 3.05) is 0 Å². The molecule has 2 aromatic heterocycles. The van der Waals surface area contributed by atoms with Crippen molar-refractivity contribution in [3.05, 3.63) is 17.8 Å². The number of epoxide rings is 1. The van der Waals surface area contributed by atoms with Crippen LogP contribution in [-0.2, 0) is 11.3 Å². The van der Waals surface area contributed by atoms with Crippen LogP contribution >= 0.6 is 11.6 Å². The van der Waals surface area contributed by atoms with Gasteiger partial charge in [0, 0.05) is 6.54 Å². The summed E-state index contributed by atoms with van der Waals surface area (Å²) in [6.07, 6.45) is 6.15. The van der Waals surface area contributed by atoms with E-state index in [1.165, 1.54) is 6.33 Å². The van der Waals surface area contributed by atoms with Crippen molar-refractivity contribution in [3.63, 3.8) is 0 Å². The smallest absolute Gasteiger partial charge is 0.164 e. The average Bonchev–Trinajstić information content (AvgIpc) is 2.98. The quantitative estimate of drug-likeness (QED) is 0.617. The van der Waals surface area contributed by atoms with E-state index in [9.17, 15) is 0 Å². The fourth-order valence-electron chi connectivity index (χ4n) is 2.07. The standard InChI is InChI=1S/C11H13ClN4O/c1-2-7-8(17-7)3-4-16-6-15-9-10(12)13-5-14-11(9)16/h5-8H,2-4H2,1H3. The van der Waals surface area contributed by atoms with Crippen LogP contribution in [0.5, 0.6) is 0 Å². The molecule has 1 saturated heterocycles. The lowest BCUT2D eigenvalue weighted by Gasteiger charge is -2.01. The number of aryl methyl sites for hydroxylation is 1. The van der Waals surface area contributed by atoms with Gasteiger partial charge in [-0.05, 0) is 12.8 Å². The molecule has 5 nitrogen and oxygen atoms in total. The first kappa shape index (κ1) is 10.9. The first-order valence-corrected chi connectivity index (χ1v) is 6.14. The van der Waals surface area contributed by atoms with Crippen molar-refractivity contribution >= 4 is 22.8 Å². The molecule has 0 spiro atoms. The predicted octanol–water partition coefficient (Wildman–Crippen LogP) is 2.05. The number of nitrogens with zero attached hydrogens (tertiary/aromatic N) is 4. The Kier molecular flexibility index (Phi) is 2.72. The zero-order valence-electron chi connectivity index (χ0n) is 9.51. The van der Waals surface area contributed by atoms with Gasteiger partial charge in [-0.2, -0.15) is 0 Å². The Bertz CT molecular complexity index is 541. The van der Waals surface area contributed by atoms with Crippen molar-refractivity contribution in [1.82, 2.24) is 19.5 Å². The Balaban J connectivity index is 1.75. The molecule has 6 heteroatoms. The minimum Gasteiger partial charge on any atom is -0.370 e. The molecule has 1 fully saturated rings. The van der Waals surface area contributed by atoms with E-state index in [0.29, 0.717) is 22.9 Å². The topological polar surface area (TPSA) is 56.1 Å². The summed E-state index contributed by atoms with van der Waals surface area (Å²) >= 11 is 5.94. The van der Waals surface area contributed by atoms with E-state index in [2.05, 4.69) is 21.9 Å². The second kappa shape index (κ2) is 4.23. The molecule has 2 unspecified atom stereocenters. The summed E-state index contributed by atoms with van der Waals surface area (Å²) in [7, 11) is 0. The maximum Gasteiger partial charge on any atom is 0.164 e. The summed E-state index contributed by atoms with van der Waals surface area (Å²) in [6.45, 7) is 3.00. The van der Waals surface area contributed by atoms with E-state index >= 15 is 0 Å². The molecule has 0 aliphatic carbocycles. The van der Waals surface area contributed by atoms with Crippen LogP contribution in [0.1, 0.15) is 19.8 Å². The predicted molar refractivity (Wildman–Crippen MR) is 63.9 cm³/mol. The van der Waals surface area contributed by atoms with E-state index in [1.54, 1.807) is 6.33 Å². The van der Waals surface area contributed by atoms with Crippen LogP contribution in [0, 0.1) is 0 Å². The van der Waals surface area contributed by atoms with Gasteiger partial charge in [0.15, 0.2) is 10.8 Å². The maximum atomic E-state index is 5.94. The van der Waals surface area contributed by atoms with E-state index in [1.807, 2.05) is 4.57 Å². The maximum absolute atomic E-state index is 5.94. The molecule has 2 aromatic rings. The van der Waals surface area contributed by atoms with Crippen molar-refractivity contribution < 1.29 is 4.74 Å². The van der Waals surface area contributed by atoms with Crippen LogP contribution < -0.4 is 0 Å². The third kappa shape index (κ3) is 2.00. The summed E-state index contributed by atoms with van der Waals surface area (Å²) in [6, 6.07) is 0. The van der Waals surface area contributed by atoms with Gasteiger partial charge < -0.3 is 9.30 Å². The lowest BCUT2D eigenvalue weighted by atomic mass is 10.2. The molecule has 2 atom stereocenters. The molecule has 0 bridgehead atoms. The lowest BCUT2D eigenvalue weighted by Crippen LogP contribution is -2.02. The van der Waals surface area contributed by atoms with Crippen molar-refractivity contribution in [1.29, 1.82) is 0 Å². The monoisotopic (exact) mass is 252 g/mol. The fourth-order valence-corrected chi connectivity index (χ4v) is 2.25. The number of rotatable bonds is 4. The van der Waals surface area contributed by atoms with E-state index in [-0.39, 0.29) is 0 Å². The highest BCUT2D eigenvalue weighted by Gasteiger charge is 2.36. The first-order valence-electron chi connectivity index (χ1n) is 5.76. The summed E-state index contributed by atoms with van der Waals surface area (Å²) in [5.74, 6) is 0. The highest BCUT2D eigenvalue weighted by Crippen LogP contribution is 2.28. The molecule has 90 valence electrons. The zero-order chi connectivity index (χ0) is 11.8. The van der Waals surface area contributed by atoms with Crippen LogP contribution in [0.25, 0.3) is 11.2 Å². The third-order valence-electron chi connectivity index (χ3n) is 3.10. The van der Waals surface area contributed by atoms with Crippen LogP contribution in [0.15, 0.2) is 12.7 Å². The molecule has 0 amide bonds. The van der Waals surface area contributed by atoms with E-state index in [0.717, 1.165) is 25.0 Å². The van der Waals surface area contributed by atoms with Gasteiger partial charge >= 0.3 is 0 Å². The number of halogens is 1. The van der Waals surface area contributed by atoms with Crippen molar-refractivity contribution in [2.24, 2.45) is 0 Å². The Labute approximate surface area is 104 Å². The first-order chi connectivity index (χ1) is 8.29. The van der Waals surface area contributed by atoms with E-state index < -0.39 is 0 Å². The molecule has 0 saturated carbocycles. The van der Waals surface area contributed by atoms with Gasteiger partial charge in [0.2, 0.25) is 0 Å². The second-order valence-electron chi connectivity index (χ2n) is 4.18. The molecule has 1 aliphatic heterocycles. The van der Waals surface area contributed by atoms with Gasteiger partial charge in [0.05, 0.1) is 18.5 Å². The summed E-state index contributed by atoms with van der Waals surface area (Å²) < 4.78 is 7.50. The Hall–Kier alpha value is -1.20. The van der Waals surface area contributed by atoms with Crippen LogP contribution in [0.2, 0.25) is 5.15 Å². The van der Waals surface area contributed by atoms with Gasteiger partial charge in [-0.3, -0.25) is 0 Å². The Morgan fingerprint density at radius 3 is 3.00 bits per heavy atom. The minimum absolute atomic E-state index is 0.398. The third-order valence-corrected chi connectivity index (χ3v) is 3.38. The number of hydrogen-bond acceptors (Lipinski definition) is 4. The summed E-state index contributed by atoms with van der Waals surface area (Å²) in [4.78, 5) is 12.3. The highest BCUT2D eigenvalue weighted by atomic mass is 35.5.